The quantitative estimate of drug-likeness (QED) is 0.721. The van der Waals surface area contributed by atoms with Gasteiger partial charge in [-0.3, -0.25) is 0 Å². The van der Waals surface area contributed by atoms with Crippen molar-refractivity contribution in [1.82, 2.24) is 4.98 Å². The fourth-order valence-corrected chi connectivity index (χ4v) is 0.773. The van der Waals surface area contributed by atoms with Gasteiger partial charge in [-0.25, -0.2) is 9.78 Å². The van der Waals surface area contributed by atoms with Crippen molar-refractivity contribution in [2.45, 2.75) is 6.92 Å². The number of rotatable bonds is 2. The fourth-order valence-electron chi connectivity index (χ4n) is 0.773. The van der Waals surface area contributed by atoms with E-state index in [1.807, 2.05) is 0 Å². The van der Waals surface area contributed by atoms with Crippen LogP contribution in [0, 0.1) is 6.92 Å². The van der Waals surface area contributed by atoms with Gasteiger partial charge in [-0.2, -0.15) is 0 Å². The smallest absolute Gasteiger partial charge is 0.341 e. The SMILES string of the molecule is [2H]C([2H])([2H])Oc1nc(C)ccc1C(=O)O. The number of hydrogen-bond donors (Lipinski definition) is 1. The van der Waals surface area contributed by atoms with Gasteiger partial charge < -0.3 is 9.84 Å². The minimum atomic E-state index is -2.70. The van der Waals surface area contributed by atoms with Crippen LogP contribution >= 0.6 is 0 Å². The standard InChI is InChI=1S/C8H9NO3/c1-5-3-4-6(8(10)11)7(9-5)12-2/h3-4H,1-2H3,(H,10,11)/i2D3. The van der Waals surface area contributed by atoms with E-state index >= 15 is 0 Å². The monoisotopic (exact) mass is 170 g/mol. The number of nitrogens with zero attached hydrogens (tertiary/aromatic N) is 1. The van der Waals surface area contributed by atoms with Crippen LogP contribution in [0.1, 0.15) is 20.2 Å². The molecule has 0 amide bonds. The van der Waals surface area contributed by atoms with Crippen molar-refractivity contribution in [3.8, 4) is 5.88 Å². The molecule has 0 aromatic carbocycles. The highest BCUT2D eigenvalue weighted by Gasteiger charge is 2.11. The van der Waals surface area contributed by atoms with E-state index in [9.17, 15) is 4.79 Å². The highest BCUT2D eigenvalue weighted by molar-refractivity contribution is 5.90. The number of carboxylic acids is 1. The lowest BCUT2D eigenvalue weighted by atomic mass is 10.2. The number of methoxy groups -OCH3 is 1. The number of ether oxygens (including phenoxy) is 1. The van der Waals surface area contributed by atoms with E-state index in [4.69, 9.17) is 9.22 Å². The molecule has 0 fully saturated rings. The number of aryl methyl sites for hydroxylation is 1. The molecule has 64 valence electrons. The van der Waals surface area contributed by atoms with E-state index in [1.165, 1.54) is 12.1 Å². The Labute approximate surface area is 74.0 Å². The lowest BCUT2D eigenvalue weighted by Gasteiger charge is -2.03. The minimum absolute atomic E-state index is 0.267. The van der Waals surface area contributed by atoms with Gasteiger partial charge in [-0.15, -0.1) is 0 Å². The van der Waals surface area contributed by atoms with Crippen LogP contribution in [0.2, 0.25) is 0 Å². The number of aromatic nitrogens is 1. The third-order valence-electron chi connectivity index (χ3n) is 1.33. The number of carboxylic acid groups (broad SMARTS) is 1. The van der Waals surface area contributed by atoms with E-state index in [-0.39, 0.29) is 11.4 Å². The molecule has 0 radical (unpaired) electrons. The van der Waals surface area contributed by atoms with Crippen LogP contribution in [0.5, 0.6) is 5.88 Å². The van der Waals surface area contributed by atoms with Crippen molar-refractivity contribution in [2.24, 2.45) is 0 Å². The second kappa shape index (κ2) is 3.21. The number of aromatic carboxylic acids is 1. The summed E-state index contributed by atoms with van der Waals surface area (Å²) in [6.07, 6.45) is 0. The average Bonchev–Trinajstić information content (AvgIpc) is 1.99. The van der Waals surface area contributed by atoms with E-state index in [1.54, 1.807) is 6.92 Å². The Morgan fingerprint density at radius 1 is 1.75 bits per heavy atom. The van der Waals surface area contributed by atoms with Gasteiger partial charge in [0.05, 0.1) is 11.2 Å². The Morgan fingerprint density at radius 3 is 3.08 bits per heavy atom. The lowest BCUT2D eigenvalue weighted by Crippen LogP contribution is -2.02. The summed E-state index contributed by atoms with van der Waals surface area (Å²) in [6.45, 7) is 1.61. The van der Waals surface area contributed by atoms with Crippen molar-refractivity contribution in [2.75, 3.05) is 7.04 Å². The maximum atomic E-state index is 10.7. The van der Waals surface area contributed by atoms with Gasteiger partial charge in [-0.05, 0) is 19.1 Å². The Morgan fingerprint density at radius 2 is 2.50 bits per heavy atom. The Balaban J connectivity index is 3.13. The van der Waals surface area contributed by atoms with Gasteiger partial charge in [0.1, 0.15) is 5.56 Å². The molecule has 0 unspecified atom stereocenters. The van der Waals surface area contributed by atoms with E-state index in [0.29, 0.717) is 5.69 Å². The van der Waals surface area contributed by atoms with Crippen LogP contribution in [0.3, 0.4) is 0 Å². The highest BCUT2D eigenvalue weighted by atomic mass is 16.5. The molecule has 0 aliphatic carbocycles. The van der Waals surface area contributed by atoms with Crippen molar-refractivity contribution in [1.29, 1.82) is 0 Å². The van der Waals surface area contributed by atoms with Gasteiger partial charge in [0.25, 0.3) is 0 Å². The van der Waals surface area contributed by atoms with Crippen molar-refractivity contribution in [3.05, 3.63) is 23.4 Å². The molecule has 1 aromatic rings. The van der Waals surface area contributed by atoms with Crippen LogP contribution in [0.4, 0.5) is 0 Å². The van der Waals surface area contributed by atoms with Crippen molar-refractivity contribution >= 4 is 5.97 Å². The first-order valence-corrected chi connectivity index (χ1v) is 3.19. The molecule has 0 spiro atoms. The fraction of sp³-hybridized carbons (Fsp3) is 0.250. The van der Waals surface area contributed by atoms with Gasteiger partial charge in [0.2, 0.25) is 5.88 Å². The van der Waals surface area contributed by atoms with Gasteiger partial charge in [-0.1, -0.05) is 0 Å². The molecular formula is C8H9NO3. The van der Waals surface area contributed by atoms with E-state index in [0.717, 1.165) is 0 Å². The zero-order valence-electron chi connectivity index (χ0n) is 9.37. The topological polar surface area (TPSA) is 59.4 Å². The zero-order chi connectivity index (χ0) is 11.6. The summed E-state index contributed by atoms with van der Waals surface area (Å²) in [4.78, 5) is 14.4. The molecule has 1 heterocycles. The summed E-state index contributed by atoms with van der Waals surface area (Å²) in [6, 6.07) is 2.72. The molecule has 4 nitrogen and oxygen atoms in total. The van der Waals surface area contributed by atoms with Crippen LogP contribution in [-0.4, -0.2) is 23.1 Å². The van der Waals surface area contributed by atoms with Crippen LogP contribution in [0.25, 0.3) is 0 Å². The first-order valence-electron chi connectivity index (χ1n) is 4.69. The number of pyridine rings is 1. The Kier molecular flexibility index (Phi) is 1.37. The first-order chi connectivity index (χ1) is 6.79. The molecule has 1 rings (SSSR count). The predicted octanol–water partition coefficient (Wildman–Crippen LogP) is 1.10. The van der Waals surface area contributed by atoms with Crippen molar-refractivity contribution in [3.63, 3.8) is 0 Å². The summed E-state index contributed by atoms with van der Waals surface area (Å²) in [5.74, 6) is -1.66. The minimum Gasteiger partial charge on any atom is -0.480 e. The molecule has 1 aromatic heterocycles. The normalized spacial score (nSPS) is 14.2. The number of hydrogen-bond acceptors (Lipinski definition) is 3. The summed E-state index contributed by atoms with van der Waals surface area (Å²) in [7, 11) is -2.70. The molecule has 0 saturated heterocycles. The van der Waals surface area contributed by atoms with Crippen LogP contribution in [-0.2, 0) is 0 Å². The third kappa shape index (κ3) is 1.53. The summed E-state index contributed by atoms with van der Waals surface area (Å²) in [5, 5.41) is 8.75. The second-order valence-electron chi connectivity index (χ2n) is 2.21. The predicted molar refractivity (Wildman–Crippen MR) is 42.5 cm³/mol. The second-order valence-corrected chi connectivity index (χ2v) is 2.21. The van der Waals surface area contributed by atoms with Gasteiger partial charge in [0, 0.05) is 5.69 Å². The molecule has 0 atom stereocenters. The Bertz CT molecular complexity index is 389. The summed E-state index contributed by atoms with van der Waals surface area (Å²) >= 11 is 0. The molecule has 12 heavy (non-hydrogen) atoms. The highest BCUT2D eigenvalue weighted by Crippen LogP contribution is 2.14. The molecule has 4 heteroatoms. The van der Waals surface area contributed by atoms with Gasteiger partial charge >= 0.3 is 5.97 Å². The maximum Gasteiger partial charge on any atom is 0.341 e. The zero-order valence-corrected chi connectivity index (χ0v) is 6.37. The van der Waals surface area contributed by atoms with Crippen molar-refractivity contribution < 1.29 is 18.8 Å². The number of carbonyl (C=O) groups is 1. The summed E-state index contributed by atoms with van der Waals surface area (Å²) < 4.78 is 25.0. The van der Waals surface area contributed by atoms with E-state index in [2.05, 4.69) is 9.72 Å². The average molecular weight is 170 g/mol. The molecule has 0 saturated carbocycles. The maximum absolute atomic E-state index is 10.7. The molecule has 0 aliphatic rings. The van der Waals surface area contributed by atoms with Crippen LogP contribution in [0.15, 0.2) is 12.1 Å². The molecule has 0 bridgehead atoms. The van der Waals surface area contributed by atoms with Crippen LogP contribution < -0.4 is 4.74 Å². The molecule has 0 aliphatic heterocycles. The molecular weight excluding hydrogens is 158 g/mol. The third-order valence-corrected chi connectivity index (χ3v) is 1.33. The Hall–Kier alpha value is -1.58. The van der Waals surface area contributed by atoms with E-state index < -0.39 is 13.0 Å². The lowest BCUT2D eigenvalue weighted by molar-refractivity contribution is 0.0692. The first kappa shape index (κ1) is 5.13. The molecule has 1 N–H and O–H groups in total. The largest absolute Gasteiger partial charge is 0.480 e. The van der Waals surface area contributed by atoms with Gasteiger partial charge in [0.15, 0.2) is 0 Å². The summed E-state index contributed by atoms with van der Waals surface area (Å²) in [5.41, 5.74) is 0.218.